The van der Waals surface area contributed by atoms with Crippen LogP contribution in [-0.2, 0) is 0 Å². The van der Waals surface area contributed by atoms with Crippen LogP contribution >= 0.6 is 0 Å². The fourth-order valence-electron chi connectivity index (χ4n) is 3.56. The van der Waals surface area contributed by atoms with E-state index in [1.54, 1.807) is 13.0 Å². The van der Waals surface area contributed by atoms with Crippen LogP contribution < -0.4 is 0 Å². The van der Waals surface area contributed by atoms with Crippen molar-refractivity contribution >= 4 is 0 Å². The van der Waals surface area contributed by atoms with Crippen molar-refractivity contribution in [1.82, 2.24) is 0 Å². The summed E-state index contributed by atoms with van der Waals surface area (Å²) in [6.45, 7) is 3.94. The summed E-state index contributed by atoms with van der Waals surface area (Å²) >= 11 is 0. The average Bonchev–Trinajstić information content (AvgIpc) is 2.82. The largest absolute Gasteiger partial charge is 0.393 e. The number of rotatable bonds is 12. The van der Waals surface area contributed by atoms with Crippen molar-refractivity contribution in [3.05, 3.63) is 24.3 Å². The smallest absolute Gasteiger partial charge is 0.0721 e. The van der Waals surface area contributed by atoms with Gasteiger partial charge < -0.3 is 20.4 Å². The van der Waals surface area contributed by atoms with Gasteiger partial charge in [-0.1, -0.05) is 50.5 Å². The zero-order valence-corrected chi connectivity index (χ0v) is 15.9. The second-order valence-corrected chi connectivity index (χ2v) is 7.55. The minimum absolute atomic E-state index is 0.00195. The SMILES string of the molecule is CCCCC[C@H](O)C=C[C@@H]1[C@@H](CC=CCCCC(C)O)[C@@H](O)C[C@H]1O. The number of aliphatic hydroxyl groups is 4. The highest BCUT2D eigenvalue weighted by atomic mass is 16.3. The summed E-state index contributed by atoms with van der Waals surface area (Å²) in [6, 6.07) is 0. The maximum Gasteiger partial charge on any atom is 0.0721 e. The van der Waals surface area contributed by atoms with Gasteiger partial charge in [0.2, 0.25) is 0 Å². The van der Waals surface area contributed by atoms with E-state index in [2.05, 4.69) is 19.1 Å². The van der Waals surface area contributed by atoms with Crippen LogP contribution in [0, 0.1) is 11.8 Å². The molecule has 1 saturated carbocycles. The summed E-state index contributed by atoms with van der Waals surface area (Å²) in [7, 11) is 0. The highest BCUT2D eigenvalue weighted by Gasteiger charge is 2.39. The fraction of sp³-hybridized carbons (Fsp3) is 0.810. The van der Waals surface area contributed by atoms with Gasteiger partial charge in [0.05, 0.1) is 24.4 Å². The molecule has 1 aliphatic rings. The normalized spacial score (nSPS) is 29.7. The van der Waals surface area contributed by atoms with Gasteiger partial charge in [0.15, 0.2) is 0 Å². The zero-order valence-electron chi connectivity index (χ0n) is 15.9. The van der Waals surface area contributed by atoms with Gasteiger partial charge in [0.1, 0.15) is 0 Å². The Balaban J connectivity index is 2.45. The predicted molar refractivity (Wildman–Crippen MR) is 102 cm³/mol. The van der Waals surface area contributed by atoms with E-state index in [4.69, 9.17) is 0 Å². The van der Waals surface area contributed by atoms with E-state index in [0.29, 0.717) is 6.42 Å². The summed E-state index contributed by atoms with van der Waals surface area (Å²) < 4.78 is 0. The molecule has 4 heteroatoms. The molecule has 6 atom stereocenters. The molecule has 146 valence electrons. The van der Waals surface area contributed by atoms with Crippen molar-refractivity contribution in [3.8, 4) is 0 Å². The maximum atomic E-state index is 10.2. The molecule has 4 nitrogen and oxygen atoms in total. The van der Waals surface area contributed by atoms with E-state index in [1.165, 1.54) is 0 Å². The Kier molecular flexibility index (Phi) is 11.3. The summed E-state index contributed by atoms with van der Waals surface area (Å²) in [4.78, 5) is 0. The molecule has 1 unspecified atom stereocenters. The van der Waals surface area contributed by atoms with Crippen molar-refractivity contribution < 1.29 is 20.4 Å². The first-order valence-electron chi connectivity index (χ1n) is 10.0. The lowest BCUT2D eigenvalue weighted by molar-refractivity contribution is 0.120. The molecule has 0 radical (unpaired) electrons. The Hall–Kier alpha value is -0.680. The number of unbranched alkanes of at least 4 members (excludes halogenated alkanes) is 3. The van der Waals surface area contributed by atoms with Gasteiger partial charge in [-0.15, -0.1) is 0 Å². The molecule has 0 heterocycles. The van der Waals surface area contributed by atoms with E-state index >= 15 is 0 Å². The lowest BCUT2D eigenvalue weighted by Gasteiger charge is -2.19. The average molecular weight is 355 g/mol. The van der Waals surface area contributed by atoms with Crippen molar-refractivity contribution in [2.24, 2.45) is 11.8 Å². The van der Waals surface area contributed by atoms with Gasteiger partial charge >= 0.3 is 0 Å². The third kappa shape index (κ3) is 9.00. The van der Waals surface area contributed by atoms with Crippen LogP contribution in [0.5, 0.6) is 0 Å². The first kappa shape index (κ1) is 22.4. The van der Waals surface area contributed by atoms with E-state index in [1.807, 2.05) is 6.08 Å². The van der Waals surface area contributed by atoms with Crippen molar-refractivity contribution in [2.75, 3.05) is 0 Å². The molecule has 0 aromatic carbocycles. The number of aliphatic hydroxyl groups excluding tert-OH is 4. The van der Waals surface area contributed by atoms with Gasteiger partial charge in [-0.25, -0.2) is 0 Å². The summed E-state index contributed by atoms with van der Waals surface area (Å²) in [5, 5.41) is 39.7. The molecule has 0 aromatic heterocycles. The summed E-state index contributed by atoms with van der Waals surface area (Å²) in [5.74, 6) is -0.0972. The topological polar surface area (TPSA) is 80.9 Å². The molecular weight excluding hydrogens is 316 g/mol. The molecule has 0 aromatic rings. The van der Waals surface area contributed by atoms with Crippen LogP contribution in [0.2, 0.25) is 0 Å². The number of hydrogen-bond donors (Lipinski definition) is 4. The molecule has 0 amide bonds. The molecule has 0 spiro atoms. The van der Waals surface area contributed by atoms with Crippen LogP contribution in [0.15, 0.2) is 24.3 Å². The van der Waals surface area contributed by atoms with E-state index in [-0.39, 0.29) is 17.9 Å². The molecule has 0 saturated heterocycles. The maximum absolute atomic E-state index is 10.2. The molecule has 0 aliphatic heterocycles. The Labute approximate surface area is 153 Å². The van der Waals surface area contributed by atoms with Crippen LogP contribution in [0.3, 0.4) is 0 Å². The van der Waals surface area contributed by atoms with Crippen molar-refractivity contribution in [1.29, 1.82) is 0 Å². The second-order valence-electron chi connectivity index (χ2n) is 7.55. The second kappa shape index (κ2) is 12.6. The Morgan fingerprint density at radius 1 is 1.00 bits per heavy atom. The van der Waals surface area contributed by atoms with Gasteiger partial charge in [0.25, 0.3) is 0 Å². The van der Waals surface area contributed by atoms with Crippen molar-refractivity contribution in [2.45, 2.75) is 96.1 Å². The molecular formula is C21H38O4. The summed E-state index contributed by atoms with van der Waals surface area (Å²) in [5.41, 5.74) is 0. The lowest BCUT2D eigenvalue weighted by atomic mass is 9.89. The van der Waals surface area contributed by atoms with E-state index in [0.717, 1.165) is 51.4 Å². The first-order chi connectivity index (χ1) is 12.0. The Morgan fingerprint density at radius 3 is 2.44 bits per heavy atom. The molecule has 25 heavy (non-hydrogen) atoms. The lowest BCUT2D eigenvalue weighted by Crippen LogP contribution is -2.20. The van der Waals surface area contributed by atoms with Gasteiger partial charge in [-0.3, -0.25) is 0 Å². The summed E-state index contributed by atoms with van der Waals surface area (Å²) in [6.07, 6.45) is 14.0. The molecule has 1 fully saturated rings. The zero-order chi connectivity index (χ0) is 18.7. The van der Waals surface area contributed by atoms with Gasteiger partial charge in [0, 0.05) is 12.3 Å². The molecule has 1 rings (SSSR count). The van der Waals surface area contributed by atoms with E-state index in [9.17, 15) is 20.4 Å². The third-order valence-corrected chi connectivity index (χ3v) is 5.14. The van der Waals surface area contributed by atoms with Crippen LogP contribution in [0.4, 0.5) is 0 Å². The van der Waals surface area contributed by atoms with Gasteiger partial charge in [-0.2, -0.15) is 0 Å². The number of hydrogen-bond acceptors (Lipinski definition) is 4. The van der Waals surface area contributed by atoms with Crippen LogP contribution in [0.1, 0.15) is 71.6 Å². The molecule has 0 bridgehead atoms. The fourth-order valence-corrected chi connectivity index (χ4v) is 3.56. The van der Waals surface area contributed by atoms with E-state index < -0.39 is 18.3 Å². The quantitative estimate of drug-likeness (QED) is 0.320. The van der Waals surface area contributed by atoms with Crippen LogP contribution in [0.25, 0.3) is 0 Å². The van der Waals surface area contributed by atoms with Gasteiger partial charge in [-0.05, 0) is 44.9 Å². The minimum atomic E-state index is -0.539. The Morgan fingerprint density at radius 2 is 1.76 bits per heavy atom. The highest BCUT2D eigenvalue weighted by molar-refractivity contribution is 5.06. The molecule has 1 aliphatic carbocycles. The van der Waals surface area contributed by atoms with Crippen LogP contribution in [-0.4, -0.2) is 44.8 Å². The third-order valence-electron chi connectivity index (χ3n) is 5.14. The number of allylic oxidation sites excluding steroid dienone is 2. The monoisotopic (exact) mass is 354 g/mol. The standard InChI is InChI=1S/C21H38O4/c1-3-4-7-11-17(23)13-14-19-18(20(24)15-21(19)25)12-9-6-5-8-10-16(2)22/h6,9,13-14,16-25H,3-5,7-8,10-12,15H2,1-2H3/t16?,17-,18+,19+,20-,21+/m0/s1. The first-order valence-corrected chi connectivity index (χ1v) is 10.0. The minimum Gasteiger partial charge on any atom is -0.393 e. The Bertz CT molecular complexity index is 391. The molecule has 4 N–H and O–H groups in total. The predicted octanol–water partition coefficient (Wildman–Crippen LogP) is 3.34. The highest BCUT2D eigenvalue weighted by Crippen LogP contribution is 2.36. The van der Waals surface area contributed by atoms with Crippen molar-refractivity contribution in [3.63, 3.8) is 0 Å².